The van der Waals surface area contributed by atoms with Crippen LogP contribution in [0.1, 0.15) is 61.3 Å². The lowest BCUT2D eigenvalue weighted by molar-refractivity contribution is -0.139. The fourth-order valence-electron chi connectivity index (χ4n) is 4.13. The average molecular weight is 300 g/mol. The minimum Gasteiger partial charge on any atom is -0.335 e. The molecule has 3 atom stereocenters. The maximum Gasteiger partial charge on any atom is 0.226 e. The number of piperidine rings is 1. The Kier molecular flexibility index (Phi) is 4.53. The highest BCUT2D eigenvalue weighted by molar-refractivity contribution is 5.80. The Morgan fingerprint density at radius 1 is 1.18 bits per heavy atom. The molecule has 3 heteroatoms. The fraction of sp³-hybridized carbons (Fsp3) is 0.632. The number of amides is 1. The highest BCUT2D eigenvalue weighted by Gasteiger charge is 2.36. The smallest absolute Gasteiger partial charge is 0.226 e. The van der Waals surface area contributed by atoms with Gasteiger partial charge in [-0.3, -0.25) is 4.79 Å². The Labute approximate surface area is 133 Å². The fourth-order valence-corrected chi connectivity index (χ4v) is 4.13. The molecule has 2 fully saturated rings. The van der Waals surface area contributed by atoms with Crippen molar-refractivity contribution < 1.29 is 4.79 Å². The summed E-state index contributed by atoms with van der Waals surface area (Å²) in [4.78, 5) is 15.2. The van der Waals surface area contributed by atoms with E-state index in [9.17, 15) is 4.79 Å². The summed E-state index contributed by atoms with van der Waals surface area (Å²) in [5.41, 5.74) is 10.0. The number of benzene rings is 1. The van der Waals surface area contributed by atoms with Crippen LogP contribution < -0.4 is 5.73 Å². The van der Waals surface area contributed by atoms with Crippen LogP contribution in [0, 0.1) is 19.8 Å². The minimum atomic E-state index is 0.153. The zero-order valence-electron chi connectivity index (χ0n) is 13.8. The molecule has 1 amide bonds. The van der Waals surface area contributed by atoms with Crippen molar-refractivity contribution in [2.75, 3.05) is 6.54 Å². The Morgan fingerprint density at radius 3 is 2.73 bits per heavy atom. The van der Waals surface area contributed by atoms with Crippen molar-refractivity contribution in [1.82, 2.24) is 4.90 Å². The summed E-state index contributed by atoms with van der Waals surface area (Å²) < 4.78 is 0. The van der Waals surface area contributed by atoms with Crippen molar-refractivity contribution in [3.8, 4) is 0 Å². The lowest BCUT2D eigenvalue weighted by Gasteiger charge is -2.38. The van der Waals surface area contributed by atoms with Crippen LogP contribution in [0.4, 0.5) is 0 Å². The minimum absolute atomic E-state index is 0.153. The van der Waals surface area contributed by atoms with Crippen LogP contribution in [0.25, 0.3) is 0 Å². The SMILES string of the molecule is Cc1cccc(C2CCCCN2C(=O)C2CCC(N)C2)c1C. The van der Waals surface area contributed by atoms with Gasteiger partial charge in [-0.25, -0.2) is 0 Å². The molecule has 0 aromatic heterocycles. The van der Waals surface area contributed by atoms with Crippen LogP contribution in [0.5, 0.6) is 0 Å². The first kappa shape index (κ1) is 15.5. The summed E-state index contributed by atoms with van der Waals surface area (Å²) in [5, 5.41) is 0. The summed E-state index contributed by atoms with van der Waals surface area (Å²) in [5.74, 6) is 0.499. The second-order valence-electron chi connectivity index (χ2n) is 7.10. The molecular weight excluding hydrogens is 272 g/mol. The topological polar surface area (TPSA) is 46.3 Å². The highest BCUT2D eigenvalue weighted by atomic mass is 16.2. The monoisotopic (exact) mass is 300 g/mol. The van der Waals surface area contributed by atoms with Crippen molar-refractivity contribution in [2.45, 2.75) is 64.5 Å². The third-order valence-electron chi connectivity index (χ3n) is 5.61. The van der Waals surface area contributed by atoms with Crippen LogP contribution >= 0.6 is 0 Å². The predicted octanol–water partition coefficient (Wildman–Crippen LogP) is 3.48. The largest absolute Gasteiger partial charge is 0.335 e. The number of hydrogen-bond donors (Lipinski definition) is 1. The maximum absolute atomic E-state index is 13.0. The molecule has 1 saturated carbocycles. The predicted molar refractivity (Wildman–Crippen MR) is 89.5 cm³/mol. The molecule has 1 aromatic carbocycles. The first-order valence-electron chi connectivity index (χ1n) is 8.70. The third-order valence-corrected chi connectivity index (χ3v) is 5.61. The van der Waals surface area contributed by atoms with E-state index in [-0.39, 0.29) is 18.0 Å². The van der Waals surface area contributed by atoms with Gasteiger partial charge in [0.2, 0.25) is 5.91 Å². The molecule has 1 aliphatic carbocycles. The van der Waals surface area contributed by atoms with Crippen LogP contribution in [-0.4, -0.2) is 23.4 Å². The maximum atomic E-state index is 13.0. The van der Waals surface area contributed by atoms with Gasteiger partial charge >= 0.3 is 0 Å². The van der Waals surface area contributed by atoms with Crippen molar-refractivity contribution >= 4 is 5.91 Å². The number of nitrogens with two attached hydrogens (primary N) is 1. The van der Waals surface area contributed by atoms with E-state index in [1.807, 2.05) is 0 Å². The van der Waals surface area contributed by atoms with Gasteiger partial charge in [-0.1, -0.05) is 18.2 Å². The van der Waals surface area contributed by atoms with E-state index in [0.717, 1.165) is 38.6 Å². The number of rotatable bonds is 2. The lowest BCUT2D eigenvalue weighted by atomic mass is 9.89. The highest BCUT2D eigenvalue weighted by Crippen LogP contribution is 2.36. The first-order chi connectivity index (χ1) is 10.6. The summed E-state index contributed by atoms with van der Waals surface area (Å²) in [6.45, 7) is 5.25. The summed E-state index contributed by atoms with van der Waals surface area (Å²) in [6.07, 6.45) is 6.27. The Bertz CT molecular complexity index is 554. The van der Waals surface area contributed by atoms with E-state index in [4.69, 9.17) is 5.73 Å². The number of hydrogen-bond acceptors (Lipinski definition) is 2. The normalized spacial score (nSPS) is 28.9. The molecule has 0 radical (unpaired) electrons. The Morgan fingerprint density at radius 2 is 2.00 bits per heavy atom. The molecular formula is C19H28N2O. The van der Waals surface area contributed by atoms with E-state index in [1.54, 1.807) is 0 Å². The molecule has 3 rings (SSSR count). The van der Waals surface area contributed by atoms with Gasteiger partial charge in [0.05, 0.1) is 6.04 Å². The number of carbonyl (C=O) groups excluding carboxylic acids is 1. The summed E-state index contributed by atoms with van der Waals surface area (Å²) in [6, 6.07) is 6.97. The van der Waals surface area contributed by atoms with Crippen molar-refractivity contribution in [1.29, 1.82) is 0 Å². The molecule has 3 unspecified atom stereocenters. The van der Waals surface area contributed by atoms with Gasteiger partial charge in [-0.2, -0.15) is 0 Å². The first-order valence-corrected chi connectivity index (χ1v) is 8.70. The van der Waals surface area contributed by atoms with E-state index in [0.29, 0.717) is 5.91 Å². The van der Waals surface area contributed by atoms with Gasteiger partial charge in [0.1, 0.15) is 0 Å². The Balaban J connectivity index is 1.85. The second kappa shape index (κ2) is 6.41. The third kappa shape index (κ3) is 2.91. The van der Waals surface area contributed by atoms with Crippen molar-refractivity contribution in [3.63, 3.8) is 0 Å². The zero-order chi connectivity index (χ0) is 15.7. The molecule has 0 spiro atoms. The van der Waals surface area contributed by atoms with Crippen LogP contribution in [0.2, 0.25) is 0 Å². The molecule has 22 heavy (non-hydrogen) atoms. The molecule has 1 aliphatic heterocycles. The molecule has 120 valence electrons. The molecule has 0 bridgehead atoms. The molecule has 2 N–H and O–H groups in total. The van der Waals surface area contributed by atoms with E-state index < -0.39 is 0 Å². The number of nitrogens with zero attached hydrogens (tertiary/aromatic N) is 1. The quantitative estimate of drug-likeness (QED) is 0.909. The van der Waals surface area contributed by atoms with Crippen LogP contribution in [0.3, 0.4) is 0 Å². The van der Waals surface area contributed by atoms with Gasteiger partial charge in [0.25, 0.3) is 0 Å². The number of carbonyl (C=O) groups is 1. The van der Waals surface area contributed by atoms with Gasteiger partial charge in [-0.05, 0) is 69.1 Å². The van der Waals surface area contributed by atoms with Crippen LogP contribution in [0.15, 0.2) is 18.2 Å². The molecule has 1 heterocycles. The summed E-state index contributed by atoms with van der Waals surface area (Å²) in [7, 11) is 0. The van der Waals surface area contributed by atoms with Crippen molar-refractivity contribution in [2.24, 2.45) is 11.7 Å². The number of likely N-dealkylation sites (tertiary alicyclic amines) is 1. The standard InChI is InChI=1S/C19H28N2O/c1-13-6-5-7-17(14(13)2)18-8-3-4-11-21(18)19(22)15-9-10-16(20)12-15/h5-7,15-16,18H,3-4,8-12,20H2,1-2H3. The van der Waals surface area contributed by atoms with E-state index >= 15 is 0 Å². The van der Waals surface area contributed by atoms with Gasteiger partial charge in [0.15, 0.2) is 0 Å². The van der Waals surface area contributed by atoms with Gasteiger partial charge in [0, 0.05) is 18.5 Å². The van der Waals surface area contributed by atoms with E-state index in [2.05, 4.69) is 36.9 Å². The van der Waals surface area contributed by atoms with E-state index in [1.165, 1.54) is 23.1 Å². The van der Waals surface area contributed by atoms with Crippen LogP contribution in [-0.2, 0) is 4.79 Å². The molecule has 3 nitrogen and oxygen atoms in total. The lowest BCUT2D eigenvalue weighted by Crippen LogP contribution is -2.42. The molecule has 2 aliphatic rings. The second-order valence-corrected chi connectivity index (χ2v) is 7.10. The summed E-state index contributed by atoms with van der Waals surface area (Å²) >= 11 is 0. The Hall–Kier alpha value is -1.35. The average Bonchev–Trinajstić information content (AvgIpc) is 2.96. The molecule has 1 saturated heterocycles. The molecule has 1 aromatic rings. The zero-order valence-corrected chi connectivity index (χ0v) is 13.8. The number of aryl methyl sites for hydroxylation is 1. The van der Waals surface area contributed by atoms with Crippen molar-refractivity contribution in [3.05, 3.63) is 34.9 Å². The van der Waals surface area contributed by atoms with Gasteiger partial charge < -0.3 is 10.6 Å². The van der Waals surface area contributed by atoms with Gasteiger partial charge in [-0.15, -0.1) is 0 Å².